The van der Waals surface area contributed by atoms with Gasteiger partial charge in [0, 0.05) is 11.4 Å². The van der Waals surface area contributed by atoms with E-state index in [0.717, 1.165) is 28.7 Å². The Morgan fingerprint density at radius 3 is 2.84 bits per heavy atom. The lowest BCUT2D eigenvalue weighted by Crippen LogP contribution is -2.07. The van der Waals surface area contributed by atoms with Crippen LogP contribution >= 0.6 is 22.9 Å². The van der Waals surface area contributed by atoms with Gasteiger partial charge in [-0.2, -0.15) is 0 Å². The smallest absolute Gasteiger partial charge is 0.144 e. The molecular formula is C14H17ClN2OS. The van der Waals surface area contributed by atoms with Gasteiger partial charge in [0.05, 0.1) is 22.3 Å². The second-order valence-electron chi connectivity index (χ2n) is 4.03. The van der Waals surface area contributed by atoms with E-state index in [-0.39, 0.29) is 0 Å². The van der Waals surface area contributed by atoms with Gasteiger partial charge in [-0.1, -0.05) is 17.7 Å². The number of hydrogen-bond acceptors (Lipinski definition) is 4. The molecular weight excluding hydrogens is 280 g/mol. The molecule has 19 heavy (non-hydrogen) atoms. The SMILES string of the molecule is CCOc1cccc(NCCc2ccc(Cl)s2)c1N. The van der Waals surface area contributed by atoms with Gasteiger partial charge in [-0.05, 0) is 37.6 Å². The first-order valence-electron chi connectivity index (χ1n) is 6.20. The van der Waals surface area contributed by atoms with E-state index in [4.69, 9.17) is 22.1 Å². The highest BCUT2D eigenvalue weighted by molar-refractivity contribution is 7.16. The number of hydrogen-bond donors (Lipinski definition) is 2. The maximum absolute atomic E-state index is 6.05. The number of rotatable bonds is 6. The summed E-state index contributed by atoms with van der Waals surface area (Å²) in [6.07, 6.45) is 0.926. The van der Waals surface area contributed by atoms with Crippen molar-refractivity contribution in [2.24, 2.45) is 0 Å². The van der Waals surface area contributed by atoms with Crippen LogP contribution in [-0.4, -0.2) is 13.2 Å². The van der Waals surface area contributed by atoms with Gasteiger partial charge in [0.2, 0.25) is 0 Å². The summed E-state index contributed by atoms with van der Waals surface area (Å²) in [5.74, 6) is 0.728. The van der Waals surface area contributed by atoms with Gasteiger partial charge in [0.15, 0.2) is 0 Å². The summed E-state index contributed by atoms with van der Waals surface area (Å²) in [4.78, 5) is 1.26. The van der Waals surface area contributed by atoms with Gasteiger partial charge in [-0.3, -0.25) is 0 Å². The summed E-state index contributed by atoms with van der Waals surface area (Å²) in [6.45, 7) is 3.37. The van der Waals surface area contributed by atoms with Crippen molar-refractivity contribution >= 4 is 34.3 Å². The van der Waals surface area contributed by atoms with Gasteiger partial charge in [0.1, 0.15) is 5.75 Å². The largest absolute Gasteiger partial charge is 0.492 e. The van der Waals surface area contributed by atoms with Gasteiger partial charge in [-0.25, -0.2) is 0 Å². The van der Waals surface area contributed by atoms with E-state index < -0.39 is 0 Å². The van der Waals surface area contributed by atoms with E-state index in [1.54, 1.807) is 11.3 Å². The van der Waals surface area contributed by atoms with E-state index in [0.29, 0.717) is 12.3 Å². The van der Waals surface area contributed by atoms with Crippen LogP contribution in [0.3, 0.4) is 0 Å². The number of thiophene rings is 1. The molecule has 2 aromatic rings. The zero-order valence-electron chi connectivity index (χ0n) is 10.8. The van der Waals surface area contributed by atoms with Crippen molar-refractivity contribution in [2.75, 3.05) is 24.2 Å². The fourth-order valence-electron chi connectivity index (χ4n) is 1.79. The maximum Gasteiger partial charge on any atom is 0.144 e. The normalized spacial score (nSPS) is 10.4. The van der Waals surface area contributed by atoms with Crippen LogP contribution in [0.15, 0.2) is 30.3 Å². The van der Waals surface area contributed by atoms with Crippen molar-refractivity contribution in [3.05, 3.63) is 39.5 Å². The molecule has 0 bridgehead atoms. The molecule has 1 aromatic carbocycles. The lowest BCUT2D eigenvalue weighted by molar-refractivity contribution is 0.342. The second kappa shape index (κ2) is 6.68. The van der Waals surface area contributed by atoms with Crippen LogP contribution in [0.4, 0.5) is 11.4 Å². The average Bonchev–Trinajstić information content (AvgIpc) is 2.80. The Morgan fingerprint density at radius 2 is 2.16 bits per heavy atom. The molecule has 0 unspecified atom stereocenters. The molecule has 0 saturated heterocycles. The van der Waals surface area contributed by atoms with Crippen molar-refractivity contribution in [1.29, 1.82) is 0 Å². The molecule has 0 spiro atoms. The van der Waals surface area contributed by atoms with E-state index in [1.807, 2.05) is 31.2 Å². The van der Waals surface area contributed by atoms with Gasteiger partial charge >= 0.3 is 0 Å². The summed E-state index contributed by atoms with van der Waals surface area (Å²) in [7, 11) is 0. The zero-order chi connectivity index (χ0) is 13.7. The minimum Gasteiger partial charge on any atom is -0.492 e. The molecule has 0 saturated carbocycles. The average molecular weight is 297 g/mol. The number of para-hydroxylation sites is 1. The lowest BCUT2D eigenvalue weighted by atomic mass is 10.2. The third kappa shape index (κ3) is 3.78. The van der Waals surface area contributed by atoms with Crippen LogP contribution in [-0.2, 0) is 6.42 Å². The predicted molar refractivity (Wildman–Crippen MR) is 83.5 cm³/mol. The highest BCUT2D eigenvalue weighted by atomic mass is 35.5. The van der Waals surface area contributed by atoms with Crippen molar-refractivity contribution < 1.29 is 4.74 Å². The van der Waals surface area contributed by atoms with Crippen LogP contribution in [0.1, 0.15) is 11.8 Å². The van der Waals surface area contributed by atoms with Crippen molar-refractivity contribution in [3.63, 3.8) is 0 Å². The van der Waals surface area contributed by atoms with E-state index in [2.05, 4.69) is 11.4 Å². The van der Waals surface area contributed by atoms with Crippen molar-refractivity contribution in [1.82, 2.24) is 0 Å². The minimum absolute atomic E-state index is 0.612. The molecule has 1 aromatic heterocycles. The Bertz CT molecular complexity index is 542. The molecule has 102 valence electrons. The number of nitrogens with two attached hydrogens (primary N) is 1. The van der Waals surface area contributed by atoms with E-state index in [1.165, 1.54) is 4.88 Å². The minimum atomic E-state index is 0.612. The molecule has 0 aliphatic heterocycles. The number of benzene rings is 1. The molecule has 5 heteroatoms. The van der Waals surface area contributed by atoms with Crippen LogP contribution < -0.4 is 15.8 Å². The highest BCUT2D eigenvalue weighted by Crippen LogP contribution is 2.29. The molecule has 3 nitrogen and oxygen atoms in total. The third-order valence-electron chi connectivity index (χ3n) is 2.68. The fraction of sp³-hybridized carbons (Fsp3) is 0.286. The van der Waals surface area contributed by atoms with Crippen molar-refractivity contribution in [2.45, 2.75) is 13.3 Å². The van der Waals surface area contributed by atoms with Gasteiger partial charge < -0.3 is 15.8 Å². The maximum atomic E-state index is 6.05. The fourth-order valence-corrected chi connectivity index (χ4v) is 2.87. The first-order chi connectivity index (χ1) is 9.20. The third-order valence-corrected chi connectivity index (χ3v) is 3.97. The summed E-state index contributed by atoms with van der Waals surface area (Å²) in [6, 6.07) is 9.74. The molecule has 3 N–H and O–H groups in total. The molecule has 0 atom stereocenters. The zero-order valence-corrected chi connectivity index (χ0v) is 12.4. The Balaban J connectivity index is 1.94. The first-order valence-corrected chi connectivity index (χ1v) is 7.39. The second-order valence-corrected chi connectivity index (χ2v) is 5.83. The molecule has 0 amide bonds. The molecule has 0 aliphatic rings. The standard InChI is InChI=1S/C14H17ClN2OS/c1-2-18-12-5-3-4-11(14(12)16)17-9-8-10-6-7-13(15)19-10/h3-7,17H,2,8-9,16H2,1H3. The summed E-state index contributed by atoms with van der Waals surface area (Å²) in [5.41, 5.74) is 7.62. The molecule has 2 rings (SSSR count). The molecule has 0 fully saturated rings. The van der Waals surface area contributed by atoms with Gasteiger partial charge in [0.25, 0.3) is 0 Å². The first kappa shape index (κ1) is 14.0. The topological polar surface area (TPSA) is 47.3 Å². The number of nitrogen functional groups attached to an aromatic ring is 1. The summed E-state index contributed by atoms with van der Waals surface area (Å²) in [5, 5.41) is 3.33. The van der Waals surface area contributed by atoms with Gasteiger partial charge in [-0.15, -0.1) is 11.3 Å². The Hall–Kier alpha value is -1.39. The Labute approximate surface area is 122 Å². The summed E-state index contributed by atoms with van der Waals surface area (Å²) >= 11 is 7.51. The van der Waals surface area contributed by atoms with Crippen molar-refractivity contribution in [3.8, 4) is 5.75 Å². The Morgan fingerprint density at radius 1 is 1.32 bits per heavy atom. The quantitative estimate of drug-likeness (QED) is 0.791. The number of ether oxygens (including phenoxy) is 1. The number of anilines is 2. The van der Waals surface area contributed by atoms with Crippen LogP contribution in [0.25, 0.3) is 0 Å². The highest BCUT2D eigenvalue weighted by Gasteiger charge is 2.05. The molecule has 0 radical (unpaired) electrons. The monoisotopic (exact) mass is 296 g/mol. The number of nitrogens with one attached hydrogen (secondary N) is 1. The molecule has 1 heterocycles. The van der Waals surface area contributed by atoms with Crippen LogP contribution in [0, 0.1) is 0 Å². The lowest BCUT2D eigenvalue weighted by Gasteiger charge is -2.12. The number of halogens is 1. The van der Waals surface area contributed by atoms with Crippen LogP contribution in [0.5, 0.6) is 5.75 Å². The predicted octanol–water partition coefficient (Wildman–Crippen LogP) is 4.04. The van der Waals surface area contributed by atoms with E-state index >= 15 is 0 Å². The summed E-state index contributed by atoms with van der Waals surface area (Å²) < 4.78 is 6.29. The Kier molecular flexibility index (Phi) is 4.93. The van der Waals surface area contributed by atoms with E-state index in [9.17, 15) is 0 Å². The molecule has 0 aliphatic carbocycles. The van der Waals surface area contributed by atoms with Crippen LogP contribution in [0.2, 0.25) is 4.34 Å².